The maximum absolute atomic E-state index is 5.69. The average molecular weight is 263 g/mol. The molecule has 0 unspecified atom stereocenters. The lowest BCUT2D eigenvalue weighted by Crippen LogP contribution is -2.06. The maximum Gasteiger partial charge on any atom is 0.295 e. The molecule has 0 amide bonds. The highest BCUT2D eigenvalue weighted by atomic mass is 16.5. The van der Waals surface area contributed by atoms with Crippen LogP contribution in [0.3, 0.4) is 0 Å². The highest BCUT2D eigenvalue weighted by molar-refractivity contribution is 5.77. The van der Waals surface area contributed by atoms with Crippen molar-refractivity contribution in [1.82, 2.24) is 4.98 Å². The molecule has 0 aliphatic rings. The van der Waals surface area contributed by atoms with Crippen LogP contribution in [-0.2, 0) is 4.74 Å². The van der Waals surface area contributed by atoms with Gasteiger partial charge in [0.15, 0.2) is 5.58 Å². The van der Waals surface area contributed by atoms with Crippen molar-refractivity contribution < 1.29 is 9.15 Å². The molecule has 2 rings (SSSR count). The molecule has 19 heavy (non-hydrogen) atoms. The number of hydrogen-bond acceptors (Lipinski definition) is 5. The van der Waals surface area contributed by atoms with Crippen LogP contribution in [0.15, 0.2) is 22.6 Å². The van der Waals surface area contributed by atoms with Crippen LogP contribution < -0.4 is 11.1 Å². The van der Waals surface area contributed by atoms with E-state index in [4.69, 9.17) is 14.9 Å². The summed E-state index contributed by atoms with van der Waals surface area (Å²) in [6, 6.07) is 5.99. The van der Waals surface area contributed by atoms with Gasteiger partial charge in [-0.3, -0.25) is 0 Å². The summed E-state index contributed by atoms with van der Waals surface area (Å²) < 4.78 is 11.0. The van der Waals surface area contributed by atoms with Gasteiger partial charge in [0.2, 0.25) is 0 Å². The molecule has 5 heteroatoms. The molecule has 1 heterocycles. The first-order valence-electron chi connectivity index (χ1n) is 6.77. The largest absolute Gasteiger partial charge is 0.423 e. The van der Waals surface area contributed by atoms with E-state index < -0.39 is 0 Å². The van der Waals surface area contributed by atoms with Gasteiger partial charge in [0.25, 0.3) is 6.01 Å². The highest BCUT2D eigenvalue weighted by Crippen LogP contribution is 2.20. The van der Waals surface area contributed by atoms with Crippen LogP contribution in [0.1, 0.15) is 26.2 Å². The quantitative estimate of drug-likeness (QED) is 0.565. The smallest absolute Gasteiger partial charge is 0.295 e. The van der Waals surface area contributed by atoms with Crippen LogP contribution in [0.2, 0.25) is 0 Å². The summed E-state index contributed by atoms with van der Waals surface area (Å²) in [5, 5.41) is 3.15. The first-order valence-corrected chi connectivity index (χ1v) is 6.77. The van der Waals surface area contributed by atoms with Gasteiger partial charge in [-0.2, -0.15) is 4.98 Å². The molecule has 2 aromatic rings. The summed E-state index contributed by atoms with van der Waals surface area (Å²) >= 11 is 0. The highest BCUT2D eigenvalue weighted by Gasteiger charge is 2.04. The molecule has 1 aromatic heterocycles. The molecule has 1 aromatic carbocycles. The van der Waals surface area contributed by atoms with E-state index in [1.807, 2.05) is 12.1 Å². The Morgan fingerprint density at radius 2 is 2.16 bits per heavy atom. The lowest BCUT2D eigenvalue weighted by Gasteiger charge is -2.03. The van der Waals surface area contributed by atoms with Crippen LogP contribution in [0.5, 0.6) is 0 Å². The van der Waals surface area contributed by atoms with E-state index in [0.717, 1.165) is 38.1 Å². The van der Waals surface area contributed by atoms with Gasteiger partial charge in [-0.05, 0) is 25.0 Å². The summed E-state index contributed by atoms with van der Waals surface area (Å²) in [5.74, 6) is 0. The number of unbranched alkanes of at least 4 members (excludes halogenated alkanes) is 1. The van der Waals surface area contributed by atoms with Gasteiger partial charge >= 0.3 is 0 Å². The lowest BCUT2D eigenvalue weighted by atomic mass is 10.3. The molecule has 5 nitrogen and oxygen atoms in total. The van der Waals surface area contributed by atoms with Crippen molar-refractivity contribution in [2.24, 2.45) is 0 Å². The predicted molar refractivity (Wildman–Crippen MR) is 77.3 cm³/mol. The Morgan fingerprint density at radius 3 is 3.00 bits per heavy atom. The van der Waals surface area contributed by atoms with E-state index in [-0.39, 0.29) is 0 Å². The summed E-state index contributed by atoms with van der Waals surface area (Å²) in [4.78, 5) is 4.33. The Bertz CT molecular complexity index is 510. The summed E-state index contributed by atoms with van der Waals surface area (Å²) in [6.45, 7) is 4.55. The third kappa shape index (κ3) is 4.13. The fourth-order valence-electron chi connectivity index (χ4n) is 1.73. The number of nitrogens with zero attached hydrogens (tertiary/aromatic N) is 1. The van der Waals surface area contributed by atoms with E-state index in [2.05, 4.69) is 17.2 Å². The number of fused-ring (bicyclic) bond motifs is 1. The van der Waals surface area contributed by atoms with Gasteiger partial charge in [0, 0.05) is 31.5 Å². The monoisotopic (exact) mass is 263 g/mol. The molecule has 0 aliphatic heterocycles. The van der Waals surface area contributed by atoms with Gasteiger partial charge in [0.05, 0.1) is 0 Å². The second-order valence-electron chi connectivity index (χ2n) is 4.49. The lowest BCUT2D eigenvalue weighted by molar-refractivity contribution is 0.131. The Kier molecular flexibility index (Phi) is 5.03. The van der Waals surface area contributed by atoms with Gasteiger partial charge in [-0.1, -0.05) is 13.3 Å². The maximum atomic E-state index is 5.69. The van der Waals surface area contributed by atoms with Crippen LogP contribution in [0.4, 0.5) is 11.7 Å². The minimum absolute atomic E-state index is 0.536. The van der Waals surface area contributed by atoms with Crippen molar-refractivity contribution >= 4 is 22.8 Å². The first-order chi connectivity index (χ1) is 9.29. The molecule has 104 valence electrons. The minimum Gasteiger partial charge on any atom is -0.423 e. The predicted octanol–water partition coefficient (Wildman–Crippen LogP) is 3.03. The topological polar surface area (TPSA) is 73.3 Å². The molecule has 0 bridgehead atoms. The number of anilines is 2. The summed E-state index contributed by atoms with van der Waals surface area (Å²) in [6.07, 6.45) is 3.23. The van der Waals surface area contributed by atoms with Crippen LogP contribution in [0, 0.1) is 0 Å². The molecular formula is C14H21N3O2. The van der Waals surface area contributed by atoms with E-state index >= 15 is 0 Å². The van der Waals surface area contributed by atoms with Gasteiger partial charge in [-0.25, -0.2) is 0 Å². The van der Waals surface area contributed by atoms with E-state index in [1.54, 1.807) is 6.07 Å². The number of hydrogen-bond donors (Lipinski definition) is 2. The van der Waals surface area contributed by atoms with Crippen molar-refractivity contribution in [1.29, 1.82) is 0 Å². The summed E-state index contributed by atoms with van der Waals surface area (Å²) in [7, 11) is 0. The Balaban J connectivity index is 1.72. The minimum atomic E-state index is 0.536. The number of nitrogen functional groups attached to an aromatic ring is 1. The Hall–Kier alpha value is -1.75. The Morgan fingerprint density at radius 1 is 1.32 bits per heavy atom. The van der Waals surface area contributed by atoms with E-state index in [9.17, 15) is 0 Å². The number of rotatable bonds is 8. The number of nitrogens with one attached hydrogen (secondary N) is 1. The normalized spacial score (nSPS) is 11.0. The van der Waals surface area contributed by atoms with Gasteiger partial charge in [-0.15, -0.1) is 0 Å². The molecule has 0 saturated carbocycles. The zero-order valence-electron chi connectivity index (χ0n) is 11.3. The molecule has 0 radical (unpaired) electrons. The van der Waals surface area contributed by atoms with Crippen LogP contribution >= 0.6 is 0 Å². The molecule has 0 aliphatic carbocycles. The number of benzene rings is 1. The average Bonchev–Trinajstić information content (AvgIpc) is 2.79. The van der Waals surface area contributed by atoms with Crippen molar-refractivity contribution in [2.75, 3.05) is 30.8 Å². The number of oxazole rings is 1. The SMILES string of the molecule is CCCCOCCCNc1nc2ccc(N)cc2o1. The molecule has 0 saturated heterocycles. The molecule has 0 spiro atoms. The zero-order chi connectivity index (χ0) is 13.5. The van der Waals surface area contributed by atoms with Crippen LogP contribution in [-0.4, -0.2) is 24.7 Å². The standard InChI is InChI=1S/C14H21N3O2/c1-2-3-8-18-9-4-7-16-14-17-12-6-5-11(15)10-13(12)19-14/h5-6,10H,2-4,7-9,15H2,1H3,(H,16,17). The molecule has 3 N–H and O–H groups in total. The van der Waals surface area contributed by atoms with Crippen molar-refractivity contribution in [3.8, 4) is 0 Å². The number of ether oxygens (including phenoxy) is 1. The van der Waals surface area contributed by atoms with E-state index in [0.29, 0.717) is 17.3 Å². The van der Waals surface area contributed by atoms with Crippen molar-refractivity contribution in [3.63, 3.8) is 0 Å². The van der Waals surface area contributed by atoms with Crippen LogP contribution in [0.25, 0.3) is 11.1 Å². The van der Waals surface area contributed by atoms with Gasteiger partial charge in [0.1, 0.15) is 5.52 Å². The second kappa shape index (κ2) is 6.99. The number of nitrogens with two attached hydrogens (primary N) is 1. The third-order valence-electron chi connectivity index (χ3n) is 2.80. The Labute approximate surface area is 113 Å². The van der Waals surface area contributed by atoms with Gasteiger partial charge < -0.3 is 20.2 Å². The molecule has 0 atom stereocenters. The van der Waals surface area contributed by atoms with E-state index in [1.165, 1.54) is 6.42 Å². The fraction of sp³-hybridized carbons (Fsp3) is 0.500. The van der Waals surface area contributed by atoms with Crippen molar-refractivity contribution in [2.45, 2.75) is 26.2 Å². The van der Waals surface area contributed by atoms with Crippen molar-refractivity contribution in [3.05, 3.63) is 18.2 Å². The third-order valence-corrected chi connectivity index (χ3v) is 2.80. The molecular weight excluding hydrogens is 242 g/mol. The first kappa shape index (κ1) is 13.7. The second-order valence-corrected chi connectivity index (χ2v) is 4.49. The zero-order valence-corrected chi connectivity index (χ0v) is 11.3. The summed E-state index contributed by atoms with van der Waals surface area (Å²) in [5.41, 5.74) is 7.89. The molecule has 0 fully saturated rings. The number of aromatic nitrogens is 1. The fourth-order valence-corrected chi connectivity index (χ4v) is 1.73.